The summed E-state index contributed by atoms with van der Waals surface area (Å²) in [5.41, 5.74) is 13.6. The molecular weight excluding hydrogens is 1360 g/mol. The lowest BCUT2D eigenvalue weighted by atomic mass is 10.0. The van der Waals surface area contributed by atoms with E-state index in [4.69, 9.17) is 11.5 Å². The molecule has 18 N–H and O–H groups in total. The van der Waals surface area contributed by atoms with Crippen LogP contribution in [0.4, 0.5) is 5.69 Å². The Kier molecular flexibility index (Phi) is 34.4. The number of nitrogens with zero attached hydrogens (tertiary/aromatic N) is 5. The van der Waals surface area contributed by atoms with Gasteiger partial charge in [-0.2, -0.15) is 11.8 Å². The lowest BCUT2D eigenvalue weighted by molar-refractivity contribution is -0.140. The maximum absolute atomic E-state index is 14.4. The molecule has 3 heterocycles. The number of carboxylic acids is 3. The number of benzene rings is 2. The Bertz CT molecular complexity index is 3530. The van der Waals surface area contributed by atoms with Gasteiger partial charge in [-0.15, -0.1) is 0 Å². The fourth-order valence-electron chi connectivity index (χ4n) is 11.2. The van der Waals surface area contributed by atoms with Crippen molar-refractivity contribution in [1.82, 2.24) is 77.1 Å². The van der Waals surface area contributed by atoms with E-state index in [9.17, 15) is 82.4 Å². The van der Waals surface area contributed by atoms with Crippen molar-refractivity contribution in [3.05, 3.63) is 84.1 Å². The van der Waals surface area contributed by atoms with E-state index in [1.807, 2.05) is 20.1 Å². The van der Waals surface area contributed by atoms with Crippen LogP contribution in [0.2, 0.25) is 0 Å². The number of carboxylic acid groups (broad SMARTS) is 3. The Hall–Kier alpha value is -10.0. The number of nitrogens with one attached hydrogen (secondary N) is 11. The number of anilines is 1. The first kappa shape index (κ1) is 83.6. The molecule has 5 rings (SSSR count). The topological polar surface area (TPSA) is 517 Å². The molecule has 1 saturated heterocycles. The van der Waals surface area contributed by atoms with E-state index in [0.717, 1.165) is 0 Å². The summed E-state index contributed by atoms with van der Waals surface area (Å²) < 4.78 is 0. The zero-order valence-corrected chi connectivity index (χ0v) is 59.6. The van der Waals surface area contributed by atoms with Crippen LogP contribution in [0, 0.1) is 11.8 Å². The number of primary amides is 2. The molecule has 35 nitrogen and oxygen atoms in total. The Morgan fingerprint density at radius 1 is 0.553 bits per heavy atom. The summed E-state index contributed by atoms with van der Waals surface area (Å²) in [4.78, 5) is 201. The van der Waals surface area contributed by atoms with Gasteiger partial charge in [0, 0.05) is 106 Å². The fourth-order valence-corrected chi connectivity index (χ4v) is 11.7. The van der Waals surface area contributed by atoms with Gasteiger partial charge in [-0.05, 0) is 79.4 Å². The summed E-state index contributed by atoms with van der Waals surface area (Å²) in [5.74, 6) is -11.8. The van der Waals surface area contributed by atoms with Crippen LogP contribution in [0.15, 0.2) is 67.3 Å². The van der Waals surface area contributed by atoms with E-state index < -0.39 is 138 Å². The first-order valence-electron chi connectivity index (χ1n) is 33.8. The van der Waals surface area contributed by atoms with Crippen molar-refractivity contribution in [2.45, 2.75) is 122 Å². The summed E-state index contributed by atoms with van der Waals surface area (Å²) >= 11 is 1.45. The standard InChI is InChI=1S/C67H98N18O17S/c1-39(2)27-50(65(100)78-48(61(69)96)17-26-103-6)79-66(101)52(30-45-32-70-38-73-45)77-55(88)33-72-67(102)60(40(3)4)81-62(97)41(5)74-64(99)51(29-43-31-71-47-10-8-7-9-46(43)47)80-63(98)49(15-16-53(68)86)76-54(87)28-42-11-13-44(14-12-42)75-56(89)34-82-18-20-83(35-57(90)91)22-24-85(37-59(94)95)25-23-84(21-19-82)36-58(92)93/h7-14,31-32,38-41,48-52,60,71H,15-30,33-37H2,1-6H3,(H2,68,86)(H2,69,96)(H,70,73)(H,72,102)(H,74,99)(H,75,89)(H,76,87)(H,77,88)(H,78,100)(H,79,101)(H,80,98)(H,81,97)(H,90,91)(H,92,93)(H,94,95)/t41?,48-,49?,50?,51?,52-,60-/m0/s1. The van der Waals surface area contributed by atoms with Crippen LogP contribution in [0.1, 0.15) is 77.1 Å². The number of hydrogen-bond acceptors (Lipinski definition) is 20. The Morgan fingerprint density at radius 3 is 1.61 bits per heavy atom. The minimum atomic E-state index is -1.44. The van der Waals surface area contributed by atoms with Crippen LogP contribution in [-0.4, -0.2) is 272 Å². The van der Waals surface area contributed by atoms with Crippen LogP contribution in [0.5, 0.6) is 0 Å². The van der Waals surface area contributed by atoms with Crippen molar-refractivity contribution < 1.29 is 82.4 Å². The van der Waals surface area contributed by atoms with Gasteiger partial charge in [0.25, 0.3) is 0 Å². The predicted octanol–water partition coefficient (Wildman–Crippen LogP) is -2.93. The zero-order valence-electron chi connectivity index (χ0n) is 58.8. The van der Waals surface area contributed by atoms with Gasteiger partial charge < -0.3 is 84.6 Å². The number of rotatable bonds is 40. The number of hydrogen-bond donors (Lipinski definition) is 16. The molecule has 7 atom stereocenters. The molecule has 2 aromatic heterocycles. The summed E-state index contributed by atoms with van der Waals surface area (Å²) in [5, 5.41) is 53.1. The molecule has 0 aliphatic carbocycles. The normalized spacial score (nSPS) is 15.6. The van der Waals surface area contributed by atoms with Crippen molar-refractivity contribution >= 4 is 111 Å². The third-order valence-corrected chi connectivity index (χ3v) is 17.3. The Balaban J connectivity index is 1.23. The minimum absolute atomic E-state index is 0.105. The highest BCUT2D eigenvalue weighted by atomic mass is 32.2. The second kappa shape index (κ2) is 42.4. The van der Waals surface area contributed by atoms with Gasteiger partial charge in [0.1, 0.15) is 42.3 Å². The Labute approximate surface area is 600 Å². The molecule has 4 unspecified atom stereocenters. The number of para-hydroxylation sites is 1. The van der Waals surface area contributed by atoms with Crippen LogP contribution in [-0.2, 0) is 86.4 Å². The number of H-pyrrole nitrogens is 2. The lowest BCUT2D eigenvalue weighted by Gasteiger charge is -2.32. The van der Waals surface area contributed by atoms with Gasteiger partial charge in [-0.3, -0.25) is 86.7 Å². The first-order chi connectivity index (χ1) is 48.9. The highest BCUT2D eigenvalue weighted by Crippen LogP contribution is 2.20. The minimum Gasteiger partial charge on any atom is -0.480 e. The quantitative estimate of drug-likeness (QED) is 0.0212. The van der Waals surface area contributed by atoms with E-state index in [0.29, 0.717) is 39.2 Å². The number of aromatic nitrogens is 3. The van der Waals surface area contributed by atoms with Gasteiger partial charge in [0.05, 0.1) is 45.5 Å². The van der Waals surface area contributed by atoms with Crippen molar-refractivity contribution in [2.75, 3.05) is 102 Å². The first-order valence-corrected chi connectivity index (χ1v) is 35.2. The molecular formula is C67H98N18O17S. The number of aliphatic carboxylic acids is 3. The molecule has 2 aromatic carbocycles. The SMILES string of the molecule is CSCC[C@H](NC(=O)C(CC(C)C)NC(=O)[C@H](Cc1cnc[nH]1)NC(=O)CNC(=O)[C@@H](NC(=O)C(C)NC(=O)C(Cc1c[nH]c2ccccc12)NC(=O)C(CCC(N)=O)NC(=O)Cc1ccc(NC(=O)CN2CCN(CC(=O)O)CCN(CC(=O)O)CCN(CC(=O)O)CC2)cc1)C(C)C)C(N)=O. The van der Waals surface area contributed by atoms with Gasteiger partial charge in [0.2, 0.25) is 65.0 Å². The molecule has 0 spiro atoms. The smallest absolute Gasteiger partial charge is 0.317 e. The molecule has 11 amide bonds. The summed E-state index contributed by atoms with van der Waals surface area (Å²) in [6.07, 6.45) is 5.44. The largest absolute Gasteiger partial charge is 0.480 e. The molecule has 0 bridgehead atoms. The summed E-state index contributed by atoms with van der Waals surface area (Å²) in [6.45, 7) is 7.98. The zero-order chi connectivity index (χ0) is 75.9. The fraction of sp³-hybridized carbons (Fsp3) is 0.537. The summed E-state index contributed by atoms with van der Waals surface area (Å²) in [7, 11) is 0. The second-order valence-electron chi connectivity index (χ2n) is 26.0. The number of thioether (sulfide) groups is 1. The number of fused-ring (bicyclic) bond motifs is 1. The third kappa shape index (κ3) is 30.2. The van der Waals surface area contributed by atoms with E-state index in [-0.39, 0.29) is 129 Å². The maximum Gasteiger partial charge on any atom is 0.317 e. The number of carbonyl (C=O) groups is 14. The number of nitrogens with two attached hydrogens (primary N) is 2. The highest BCUT2D eigenvalue weighted by molar-refractivity contribution is 7.98. The number of imidazole rings is 1. The maximum atomic E-state index is 14.4. The van der Waals surface area contributed by atoms with Crippen molar-refractivity contribution in [3.63, 3.8) is 0 Å². The molecule has 4 aromatic rings. The monoisotopic (exact) mass is 1460 g/mol. The van der Waals surface area contributed by atoms with Gasteiger partial charge in [-0.25, -0.2) is 4.98 Å². The van der Waals surface area contributed by atoms with Crippen LogP contribution in [0.3, 0.4) is 0 Å². The van der Waals surface area contributed by atoms with Crippen LogP contribution >= 0.6 is 11.8 Å². The number of amides is 11. The van der Waals surface area contributed by atoms with E-state index in [1.54, 1.807) is 76.0 Å². The van der Waals surface area contributed by atoms with Crippen LogP contribution < -0.4 is 59.3 Å². The van der Waals surface area contributed by atoms with Crippen molar-refractivity contribution in [3.8, 4) is 0 Å². The Morgan fingerprint density at radius 2 is 1.08 bits per heavy atom. The van der Waals surface area contributed by atoms with Crippen LogP contribution in [0.25, 0.3) is 10.9 Å². The molecule has 1 aliphatic heterocycles. The molecule has 1 fully saturated rings. The average molecular weight is 1460 g/mol. The molecule has 1 aliphatic rings. The third-order valence-electron chi connectivity index (χ3n) is 16.7. The lowest BCUT2D eigenvalue weighted by Crippen LogP contribution is -2.59. The van der Waals surface area contributed by atoms with E-state index in [2.05, 4.69) is 62.8 Å². The second-order valence-corrected chi connectivity index (χ2v) is 27.0. The van der Waals surface area contributed by atoms with E-state index >= 15 is 0 Å². The average Bonchev–Trinajstić information content (AvgIpc) is 1.71. The van der Waals surface area contributed by atoms with E-state index in [1.165, 1.54) is 43.3 Å². The van der Waals surface area contributed by atoms with Crippen molar-refractivity contribution in [1.29, 1.82) is 0 Å². The number of carbonyl (C=O) groups excluding carboxylic acids is 11. The van der Waals surface area contributed by atoms with Gasteiger partial charge >= 0.3 is 17.9 Å². The molecule has 0 radical (unpaired) electrons. The molecule has 0 saturated carbocycles. The molecule has 564 valence electrons. The summed E-state index contributed by atoms with van der Waals surface area (Å²) in [6, 6.07) is 4.34. The number of aromatic amines is 2. The predicted molar refractivity (Wildman–Crippen MR) is 379 cm³/mol. The van der Waals surface area contributed by atoms with Gasteiger partial charge in [-0.1, -0.05) is 58.0 Å². The molecule has 36 heteroatoms. The van der Waals surface area contributed by atoms with Gasteiger partial charge in [0.15, 0.2) is 0 Å². The van der Waals surface area contributed by atoms with Crippen molar-refractivity contribution in [2.24, 2.45) is 23.3 Å². The highest BCUT2D eigenvalue weighted by Gasteiger charge is 2.34. The molecule has 103 heavy (non-hydrogen) atoms.